The maximum atomic E-state index is 8.77. The zero-order valence-electron chi connectivity index (χ0n) is 6.94. The SMILES string of the molecule is ONC1Cc2ccccc2C([As])=N1. The third-order valence-corrected chi connectivity index (χ3v) is 2.85. The van der Waals surface area contributed by atoms with Crippen LogP contribution in [0.15, 0.2) is 29.3 Å². The molecule has 0 bridgehead atoms. The van der Waals surface area contributed by atoms with Gasteiger partial charge in [-0.15, -0.1) is 0 Å². The fraction of sp³-hybridized carbons (Fsp3) is 0.222. The molecule has 4 heteroatoms. The monoisotopic (exact) mass is 236 g/mol. The molecule has 1 unspecified atom stereocenters. The molecule has 1 atom stereocenters. The summed E-state index contributed by atoms with van der Waals surface area (Å²) in [7, 11) is 0. The molecule has 2 rings (SSSR count). The predicted molar refractivity (Wildman–Crippen MR) is 51.1 cm³/mol. The Bertz CT molecular complexity index is 351. The fourth-order valence-electron chi connectivity index (χ4n) is 1.46. The van der Waals surface area contributed by atoms with Gasteiger partial charge in [0.25, 0.3) is 0 Å². The second kappa shape index (κ2) is 3.62. The normalized spacial score (nSPS) is 20.8. The van der Waals surface area contributed by atoms with Crippen LogP contribution in [-0.4, -0.2) is 32.7 Å². The summed E-state index contributed by atoms with van der Waals surface area (Å²) >= 11 is 2.43. The van der Waals surface area contributed by atoms with Gasteiger partial charge in [0, 0.05) is 0 Å². The first-order chi connectivity index (χ1) is 6.31. The van der Waals surface area contributed by atoms with Crippen molar-refractivity contribution in [3.63, 3.8) is 0 Å². The van der Waals surface area contributed by atoms with Crippen LogP contribution in [0, 0.1) is 0 Å². The van der Waals surface area contributed by atoms with E-state index in [0.29, 0.717) is 0 Å². The van der Waals surface area contributed by atoms with Gasteiger partial charge in [0.15, 0.2) is 0 Å². The van der Waals surface area contributed by atoms with Crippen LogP contribution in [0.5, 0.6) is 0 Å². The van der Waals surface area contributed by atoms with E-state index in [1.54, 1.807) is 0 Å². The standard InChI is InChI=1S/C9H9AsN2O/c10-9-7-4-2-1-3-6(7)5-8(11-9)12-13/h1-4,8,12-13H,5H2. The van der Waals surface area contributed by atoms with Crippen molar-refractivity contribution in [1.82, 2.24) is 5.48 Å². The minimum absolute atomic E-state index is 0.201. The summed E-state index contributed by atoms with van der Waals surface area (Å²) in [5.41, 5.74) is 4.56. The molecule has 1 aromatic carbocycles. The molecule has 1 aromatic rings. The molecule has 0 amide bonds. The third kappa shape index (κ3) is 1.68. The third-order valence-electron chi connectivity index (χ3n) is 2.10. The van der Waals surface area contributed by atoms with Crippen molar-refractivity contribution in [2.45, 2.75) is 12.6 Å². The fourth-order valence-corrected chi connectivity index (χ4v) is 2.21. The van der Waals surface area contributed by atoms with E-state index in [1.165, 1.54) is 5.56 Å². The molecule has 0 aromatic heterocycles. The number of fused-ring (bicyclic) bond motifs is 1. The molecule has 0 saturated carbocycles. The Morgan fingerprint density at radius 1 is 1.46 bits per heavy atom. The summed E-state index contributed by atoms with van der Waals surface area (Å²) in [6.07, 6.45) is 0.543. The van der Waals surface area contributed by atoms with E-state index < -0.39 is 0 Å². The number of rotatable bonds is 1. The van der Waals surface area contributed by atoms with E-state index in [0.717, 1.165) is 16.5 Å². The van der Waals surface area contributed by atoms with E-state index in [1.807, 2.05) is 18.2 Å². The molecular formula is C9H9AsN2O. The quantitative estimate of drug-likeness (QED) is 0.549. The molecule has 0 fully saturated rings. The van der Waals surface area contributed by atoms with Crippen LogP contribution in [0.3, 0.4) is 0 Å². The minimum atomic E-state index is -0.201. The van der Waals surface area contributed by atoms with E-state index in [4.69, 9.17) is 5.21 Å². The molecule has 66 valence electrons. The summed E-state index contributed by atoms with van der Waals surface area (Å²) in [6, 6.07) is 8.09. The molecule has 0 aliphatic carbocycles. The van der Waals surface area contributed by atoms with Gasteiger partial charge in [-0.2, -0.15) is 0 Å². The molecule has 0 saturated heterocycles. The average Bonchev–Trinajstić information content (AvgIpc) is 2.18. The molecule has 1 heterocycles. The predicted octanol–water partition coefficient (Wildman–Crippen LogP) is 0.463. The zero-order chi connectivity index (χ0) is 9.26. The van der Waals surface area contributed by atoms with E-state index >= 15 is 0 Å². The Morgan fingerprint density at radius 3 is 3.00 bits per heavy atom. The number of nitrogens with one attached hydrogen (secondary N) is 1. The summed E-state index contributed by atoms with van der Waals surface area (Å²) in [5, 5.41) is 8.77. The number of nitrogens with zero attached hydrogens (tertiary/aromatic N) is 1. The van der Waals surface area contributed by atoms with Gasteiger partial charge < -0.3 is 0 Å². The zero-order valence-corrected chi connectivity index (χ0v) is 8.81. The first kappa shape index (κ1) is 8.94. The average molecular weight is 236 g/mol. The van der Waals surface area contributed by atoms with Gasteiger partial charge in [0.2, 0.25) is 0 Å². The van der Waals surface area contributed by atoms with Gasteiger partial charge in [0.1, 0.15) is 0 Å². The van der Waals surface area contributed by atoms with Crippen LogP contribution in [0.4, 0.5) is 0 Å². The van der Waals surface area contributed by atoms with Gasteiger partial charge in [-0.25, -0.2) is 0 Å². The van der Waals surface area contributed by atoms with Crippen LogP contribution >= 0.6 is 0 Å². The topological polar surface area (TPSA) is 44.6 Å². The van der Waals surface area contributed by atoms with Crippen LogP contribution in [0.1, 0.15) is 11.1 Å². The number of aliphatic imine (C=N–C) groups is 1. The van der Waals surface area contributed by atoms with Gasteiger partial charge >= 0.3 is 85.0 Å². The van der Waals surface area contributed by atoms with Gasteiger partial charge in [-0.1, -0.05) is 0 Å². The van der Waals surface area contributed by atoms with Crippen molar-refractivity contribution in [2.24, 2.45) is 4.99 Å². The van der Waals surface area contributed by atoms with E-state index in [9.17, 15) is 0 Å². The number of hydrogen-bond acceptors (Lipinski definition) is 3. The van der Waals surface area contributed by atoms with Crippen molar-refractivity contribution < 1.29 is 5.21 Å². The van der Waals surface area contributed by atoms with Crippen molar-refractivity contribution in [3.8, 4) is 0 Å². The maximum absolute atomic E-state index is 8.77. The van der Waals surface area contributed by atoms with Crippen LogP contribution in [-0.2, 0) is 6.42 Å². The Hall–Kier alpha value is -0.632. The summed E-state index contributed by atoms with van der Waals surface area (Å²) in [5.74, 6) is 0. The molecule has 2 N–H and O–H groups in total. The Balaban J connectivity index is 2.42. The summed E-state index contributed by atoms with van der Waals surface area (Å²) < 4.78 is 0.918. The van der Waals surface area contributed by atoms with Crippen molar-refractivity contribution in [2.75, 3.05) is 0 Å². The second-order valence-corrected chi connectivity index (χ2v) is 3.85. The van der Waals surface area contributed by atoms with Crippen LogP contribution in [0.25, 0.3) is 0 Å². The van der Waals surface area contributed by atoms with Crippen molar-refractivity contribution >= 4 is 21.4 Å². The molecule has 1 aliphatic heterocycles. The van der Waals surface area contributed by atoms with Crippen molar-refractivity contribution in [1.29, 1.82) is 0 Å². The number of benzene rings is 1. The molecule has 1 aliphatic rings. The molecule has 3 nitrogen and oxygen atoms in total. The first-order valence-electron chi connectivity index (χ1n) is 4.06. The molecule has 2 radical (unpaired) electrons. The Morgan fingerprint density at radius 2 is 2.23 bits per heavy atom. The van der Waals surface area contributed by atoms with Crippen molar-refractivity contribution in [3.05, 3.63) is 35.4 Å². The Kier molecular flexibility index (Phi) is 2.49. The molecular weight excluding hydrogens is 227 g/mol. The first-order valence-corrected chi connectivity index (χ1v) is 5.00. The van der Waals surface area contributed by atoms with E-state index in [2.05, 4.69) is 33.4 Å². The second-order valence-electron chi connectivity index (χ2n) is 2.96. The summed E-state index contributed by atoms with van der Waals surface area (Å²) in [6.45, 7) is 0. The molecule has 13 heavy (non-hydrogen) atoms. The summed E-state index contributed by atoms with van der Waals surface area (Å²) in [4.78, 5) is 4.27. The van der Waals surface area contributed by atoms with Crippen LogP contribution < -0.4 is 5.48 Å². The Labute approximate surface area is 85.3 Å². The van der Waals surface area contributed by atoms with Gasteiger partial charge in [-0.05, 0) is 0 Å². The van der Waals surface area contributed by atoms with E-state index in [-0.39, 0.29) is 6.17 Å². The van der Waals surface area contributed by atoms with Gasteiger partial charge in [-0.3, -0.25) is 0 Å². The van der Waals surface area contributed by atoms with Crippen LogP contribution in [0.2, 0.25) is 0 Å². The molecule has 0 spiro atoms. The van der Waals surface area contributed by atoms with Gasteiger partial charge in [0.05, 0.1) is 0 Å². The number of hydroxylamine groups is 1. The number of hydrogen-bond donors (Lipinski definition) is 2.